The predicted molar refractivity (Wildman–Crippen MR) is 107 cm³/mol. The van der Waals surface area contributed by atoms with E-state index in [9.17, 15) is 0 Å². The van der Waals surface area contributed by atoms with Gasteiger partial charge in [0.25, 0.3) is 0 Å². The van der Waals surface area contributed by atoms with Crippen LogP contribution in [0.15, 0.2) is 29.4 Å². The first-order valence-corrected chi connectivity index (χ1v) is 7.92. The van der Waals surface area contributed by atoms with E-state index in [1.165, 1.54) is 10.4 Å². The van der Waals surface area contributed by atoms with Crippen LogP contribution in [-0.2, 0) is 13.1 Å². The van der Waals surface area contributed by atoms with Gasteiger partial charge in [-0.15, -0.1) is 35.3 Å². The normalized spacial score (nSPS) is 10.9. The number of aromatic nitrogens is 1. The maximum Gasteiger partial charge on any atom is 0.191 e. The summed E-state index contributed by atoms with van der Waals surface area (Å²) in [6, 6.07) is 6.17. The molecule has 0 saturated carbocycles. The number of methoxy groups -OCH3 is 1. The molecule has 1 heterocycles. The van der Waals surface area contributed by atoms with Gasteiger partial charge >= 0.3 is 0 Å². The van der Waals surface area contributed by atoms with Gasteiger partial charge in [0.15, 0.2) is 5.96 Å². The molecule has 1 aromatic carbocycles. The highest BCUT2D eigenvalue weighted by Gasteiger charge is 2.03. The molecule has 5 nitrogen and oxygen atoms in total. The molecular formula is C16H23IN4OS. The van der Waals surface area contributed by atoms with Gasteiger partial charge in [0, 0.05) is 24.7 Å². The molecule has 0 unspecified atom stereocenters. The third-order valence-corrected chi connectivity index (χ3v) is 4.02. The number of nitrogens with zero attached hydrogens (tertiary/aromatic N) is 2. The van der Waals surface area contributed by atoms with Crippen LogP contribution in [-0.4, -0.2) is 25.1 Å². The average molecular weight is 446 g/mol. The van der Waals surface area contributed by atoms with Crippen LogP contribution in [0.25, 0.3) is 0 Å². The molecule has 0 atom stereocenters. The number of nitrogens with one attached hydrogen (secondary N) is 2. The zero-order valence-electron chi connectivity index (χ0n) is 13.8. The highest BCUT2D eigenvalue weighted by molar-refractivity contribution is 14.0. The van der Waals surface area contributed by atoms with Gasteiger partial charge in [-0.2, -0.15) is 0 Å². The molecular weight excluding hydrogens is 423 g/mol. The van der Waals surface area contributed by atoms with Crippen LogP contribution in [0.4, 0.5) is 0 Å². The zero-order valence-corrected chi connectivity index (χ0v) is 17.0. The minimum Gasteiger partial charge on any atom is -0.497 e. The Hall–Kier alpha value is -1.35. The molecule has 0 amide bonds. The number of hydrogen-bond donors (Lipinski definition) is 2. The highest BCUT2D eigenvalue weighted by atomic mass is 127. The van der Waals surface area contributed by atoms with Crippen LogP contribution < -0.4 is 15.4 Å². The molecule has 0 aliphatic heterocycles. The molecule has 0 saturated heterocycles. The van der Waals surface area contributed by atoms with E-state index in [0.29, 0.717) is 13.1 Å². The number of aryl methyl sites for hydroxylation is 2. The summed E-state index contributed by atoms with van der Waals surface area (Å²) in [7, 11) is 3.45. The van der Waals surface area contributed by atoms with E-state index in [-0.39, 0.29) is 24.0 Å². The van der Waals surface area contributed by atoms with Crippen molar-refractivity contribution in [2.45, 2.75) is 26.9 Å². The van der Waals surface area contributed by atoms with Crippen molar-refractivity contribution in [3.63, 3.8) is 0 Å². The smallest absolute Gasteiger partial charge is 0.191 e. The van der Waals surface area contributed by atoms with Crippen LogP contribution >= 0.6 is 35.3 Å². The number of hydrogen-bond acceptors (Lipinski definition) is 4. The van der Waals surface area contributed by atoms with Gasteiger partial charge in [-0.25, -0.2) is 4.98 Å². The standard InChI is InChI=1S/C16H22N4OS.HI/c1-11-5-13(7-14(6-11)21-4)9-19-16(17-3)20-10-15-18-8-12(2)22-15;/h5-8H,9-10H2,1-4H3,(H2,17,19,20);1H. The Kier molecular flexibility index (Phi) is 8.32. The first-order chi connectivity index (χ1) is 10.6. The summed E-state index contributed by atoms with van der Waals surface area (Å²) >= 11 is 1.69. The highest BCUT2D eigenvalue weighted by Crippen LogP contribution is 2.16. The number of guanidine groups is 1. The third-order valence-electron chi connectivity index (χ3n) is 3.11. The largest absolute Gasteiger partial charge is 0.497 e. The number of aliphatic imine (C=N–C) groups is 1. The summed E-state index contributed by atoms with van der Waals surface area (Å²) in [6.07, 6.45) is 1.89. The minimum atomic E-state index is 0. The van der Waals surface area contributed by atoms with Crippen molar-refractivity contribution >= 4 is 41.3 Å². The number of benzene rings is 1. The Morgan fingerprint density at radius 3 is 2.57 bits per heavy atom. The summed E-state index contributed by atoms with van der Waals surface area (Å²) in [5.74, 6) is 1.63. The summed E-state index contributed by atoms with van der Waals surface area (Å²) < 4.78 is 5.30. The summed E-state index contributed by atoms with van der Waals surface area (Å²) in [5, 5.41) is 7.62. The van der Waals surface area contributed by atoms with Crippen LogP contribution in [0.5, 0.6) is 5.75 Å². The third kappa shape index (κ3) is 6.34. The lowest BCUT2D eigenvalue weighted by Crippen LogP contribution is -2.36. The SMILES string of the molecule is CN=C(NCc1cc(C)cc(OC)c1)NCc1ncc(C)s1.I. The van der Waals surface area contributed by atoms with Gasteiger partial charge in [-0.05, 0) is 37.1 Å². The molecule has 0 bridgehead atoms. The number of ether oxygens (including phenoxy) is 1. The van der Waals surface area contributed by atoms with Crippen molar-refractivity contribution in [2.75, 3.05) is 14.2 Å². The molecule has 0 fully saturated rings. The summed E-state index contributed by atoms with van der Waals surface area (Å²) in [5.41, 5.74) is 2.34. The molecule has 2 rings (SSSR count). The van der Waals surface area contributed by atoms with Crippen molar-refractivity contribution in [2.24, 2.45) is 4.99 Å². The van der Waals surface area contributed by atoms with Gasteiger partial charge in [0.1, 0.15) is 10.8 Å². The van der Waals surface area contributed by atoms with Gasteiger partial charge < -0.3 is 15.4 Å². The Morgan fingerprint density at radius 2 is 1.96 bits per heavy atom. The second kappa shape index (κ2) is 9.71. The second-order valence-electron chi connectivity index (χ2n) is 5.00. The van der Waals surface area contributed by atoms with E-state index in [1.807, 2.05) is 18.3 Å². The number of halogens is 1. The van der Waals surface area contributed by atoms with Crippen molar-refractivity contribution in [1.29, 1.82) is 0 Å². The Labute approximate surface area is 158 Å². The lowest BCUT2D eigenvalue weighted by atomic mass is 10.1. The second-order valence-corrected chi connectivity index (χ2v) is 6.32. The van der Waals surface area contributed by atoms with Crippen LogP contribution in [0.2, 0.25) is 0 Å². The maximum atomic E-state index is 5.30. The summed E-state index contributed by atoms with van der Waals surface area (Å²) in [4.78, 5) is 9.78. The number of thiazole rings is 1. The summed E-state index contributed by atoms with van der Waals surface area (Å²) in [6.45, 7) is 5.48. The predicted octanol–water partition coefficient (Wildman–Crippen LogP) is 3.25. The fourth-order valence-corrected chi connectivity index (χ4v) is 2.82. The van der Waals surface area contributed by atoms with E-state index >= 15 is 0 Å². The Morgan fingerprint density at radius 1 is 1.22 bits per heavy atom. The molecule has 2 N–H and O–H groups in total. The molecule has 0 radical (unpaired) electrons. The van der Waals surface area contributed by atoms with Gasteiger partial charge in [0.05, 0.1) is 13.7 Å². The van der Waals surface area contributed by atoms with Gasteiger partial charge in [0.2, 0.25) is 0 Å². The quantitative estimate of drug-likeness (QED) is 0.421. The lowest BCUT2D eigenvalue weighted by molar-refractivity contribution is 0.414. The zero-order chi connectivity index (χ0) is 15.9. The van der Waals surface area contributed by atoms with Crippen LogP contribution in [0, 0.1) is 13.8 Å². The van der Waals surface area contributed by atoms with Crippen LogP contribution in [0.3, 0.4) is 0 Å². The van der Waals surface area contributed by atoms with Crippen molar-refractivity contribution < 1.29 is 4.74 Å². The van der Waals surface area contributed by atoms with E-state index in [1.54, 1.807) is 25.5 Å². The topological polar surface area (TPSA) is 58.5 Å². The van der Waals surface area contributed by atoms with Crippen LogP contribution in [0.1, 0.15) is 21.0 Å². The van der Waals surface area contributed by atoms with Crippen molar-refractivity contribution in [3.8, 4) is 5.75 Å². The van der Waals surface area contributed by atoms with E-state index < -0.39 is 0 Å². The van der Waals surface area contributed by atoms with Crippen molar-refractivity contribution in [1.82, 2.24) is 15.6 Å². The fourth-order valence-electron chi connectivity index (χ4n) is 2.09. The molecule has 23 heavy (non-hydrogen) atoms. The molecule has 0 aliphatic rings. The fraction of sp³-hybridized carbons (Fsp3) is 0.375. The average Bonchev–Trinajstić information content (AvgIpc) is 2.92. The first-order valence-electron chi connectivity index (χ1n) is 7.11. The minimum absolute atomic E-state index is 0. The lowest BCUT2D eigenvalue weighted by Gasteiger charge is -2.12. The van der Waals surface area contributed by atoms with E-state index in [0.717, 1.165) is 22.3 Å². The molecule has 2 aromatic rings. The number of rotatable bonds is 5. The van der Waals surface area contributed by atoms with Crippen molar-refractivity contribution in [3.05, 3.63) is 45.4 Å². The Bertz CT molecular complexity index is 657. The molecule has 1 aromatic heterocycles. The molecule has 0 aliphatic carbocycles. The van der Waals surface area contributed by atoms with Gasteiger partial charge in [-0.1, -0.05) is 6.07 Å². The maximum absolute atomic E-state index is 5.30. The van der Waals surface area contributed by atoms with Gasteiger partial charge in [-0.3, -0.25) is 4.99 Å². The molecule has 7 heteroatoms. The first kappa shape index (κ1) is 19.7. The van der Waals surface area contributed by atoms with E-state index in [2.05, 4.69) is 40.5 Å². The molecule has 0 spiro atoms. The monoisotopic (exact) mass is 446 g/mol. The van der Waals surface area contributed by atoms with E-state index in [4.69, 9.17) is 4.74 Å². The molecule has 126 valence electrons. The Balaban J connectivity index is 0.00000264.